The molecule has 0 aliphatic carbocycles. The van der Waals surface area contributed by atoms with Crippen molar-refractivity contribution in [2.24, 2.45) is 0 Å². The van der Waals surface area contributed by atoms with Gasteiger partial charge in [-0.25, -0.2) is 4.98 Å². The van der Waals surface area contributed by atoms with Gasteiger partial charge < -0.3 is 15.6 Å². The summed E-state index contributed by atoms with van der Waals surface area (Å²) in [5, 5.41) is 5.62. The Hall–Kier alpha value is -3.15. The van der Waals surface area contributed by atoms with Gasteiger partial charge in [-0.15, -0.1) is 0 Å². The van der Waals surface area contributed by atoms with Gasteiger partial charge >= 0.3 is 0 Å². The normalized spacial score (nSPS) is 10.6. The van der Waals surface area contributed by atoms with E-state index in [0.717, 1.165) is 16.9 Å². The van der Waals surface area contributed by atoms with Crippen LogP contribution in [-0.4, -0.2) is 28.3 Å². The Morgan fingerprint density at radius 1 is 1.12 bits per heavy atom. The molecule has 0 bridgehead atoms. The Morgan fingerprint density at radius 2 is 1.96 bits per heavy atom. The van der Waals surface area contributed by atoms with Crippen LogP contribution < -0.4 is 10.6 Å². The van der Waals surface area contributed by atoms with E-state index >= 15 is 0 Å². The van der Waals surface area contributed by atoms with Gasteiger partial charge in [0.2, 0.25) is 5.91 Å². The first-order valence-corrected chi connectivity index (χ1v) is 8.27. The van der Waals surface area contributed by atoms with Crippen LogP contribution in [0.15, 0.2) is 48.5 Å². The first-order valence-electron chi connectivity index (χ1n) is 8.27. The van der Waals surface area contributed by atoms with Crippen LogP contribution in [0.5, 0.6) is 0 Å². The highest BCUT2D eigenvalue weighted by atomic mass is 16.2. The van der Waals surface area contributed by atoms with E-state index in [1.54, 1.807) is 31.2 Å². The molecule has 0 atom stereocenters. The summed E-state index contributed by atoms with van der Waals surface area (Å²) in [6.07, 6.45) is 1.01. The fourth-order valence-electron chi connectivity index (χ4n) is 2.51. The third kappa shape index (κ3) is 4.23. The molecule has 0 aliphatic heterocycles. The van der Waals surface area contributed by atoms with Crippen molar-refractivity contribution in [2.75, 3.05) is 11.9 Å². The molecule has 0 saturated carbocycles. The van der Waals surface area contributed by atoms with Crippen molar-refractivity contribution < 1.29 is 9.59 Å². The van der Waals surface area contributed by atoms with Gasteiger partial charge in [0.1, 0.15) is 5.82 Å². The van der Waals surface area contributed by atoms with Crippen molar-refractivity contribution in [1.29, 1.82) is 0 Å². The molecule has 0 saturated heterocycles. The van der Waals surface area contributed by atoms with E-state index in [9.17, 15) is 9.59 Å². The predicted molar refractivity (Wildman–Crippen MR) is 97.5 cm³/mol. The lowest BCUT2D eigenvalue weighted by Crippen LogP contribution is -2.26. The number of nitrogens with zero attached hydrogens (tertiary/aromatic N) is 1. The molecule has 6 nitrogen and oxygen atoms in total. The predicted octanol–water partition coefficient (Wildman–Crippen LogP) is 2.88. The number of carbonyl (C=O) groups is 2. The monoisotopic (exact) mass is 336 g/mol. The van der Waals surface area contributed by atoms with E-state index in [1.165, 1.54) is 0 Å². The average molecular weight is 336 g/mol. The Kier molecular flexibility index (Phi) is 5.09. The summed E-state index contributed by atoms with van der Waals surface area (Å²) in [6, 6.07) is 14.7. The molecular weight excluding hydrogens is 316 g/mol. The van der Waals surface area contributed by atoms with E-state index in [-0.39, 0.29) is 11.8 Å². The minimum atomic E-state index is -0.177. The van der Waals surface area contributed by atoms with Crippen LogP contribution in [-0.2, 0) is 11.2 Å². The molecule has 0 fully saturated rings. The summed E-state index contributed by atoms with van der Waals surface area (Å²) in [5.74, 6) is 0.580. The van der Waals surface area contributed by atoms with Crippen LogP contribution >= 0.6 is 0 Å². The zero-order chi connectivity index (χ0) is 17.6. The van der Waals surface area contributed by atoms with Crippen LogP contribution in [0, 0.1) is 0 Å². The number of benzene rings is 2. The summed E-state index contributed by atoms with van der Waals surface area (Å²) >= 11 is 0. The van der Waals surface area contributed by atoms with Gasteiger partial charge in [-0.05, 0) is 30.3 Å². The molecule has 2 amide bonds. The molecule has 0 unspecified atom stereocenters. The maximum Gasteiger partial charge on any atom is 0.251 e. The summed E-state index contributed by atoms with van der Waals surface area (Å²) in [7, 11) is 0. The lowest BCUT2D eigenvalue weighted by atomic mass is 10.2. The van der Waals surface area contributed by atoms with Crippen LogP contribution in [0.4, 0.5) is 5.69 Å². The number of hydrogen-bond donors (Lipinski definition) is 3. The highest BCUT2D eigenvalue weighted by molar-refractivity contribution is 5.97. The Labute approximate surface area is 145 Å². The average Bonchev–Trinajstić information content (AvgIpc) is 3.04. The first-order chi connectivity index (χ1) is 12.2. The maximum absolute atomic E-state index is 12.3. The number of carbonyl (C=O) groups excluding carboxylic acids is 2. The Balaban J connectivity index is 1.57. The van der Waals surface area contributed by atoms with Crippen molar-refractivity contribution in [3.63, 3.8) is 0 Å². The minimum Gasteiger partial charge on any atom is -0.352 e. The molecule has 1 aromatic heterocycles. The van der Waals surface area contributed by atoms with E-state index in [4.69, 9.17) is 0 Å². The molecule has 0 aliphatic rings. The van der Waals surface area contributed by atoms with Gasteiger partial charge in [0, 0.05) is 30.6 Å². The van der Waals surface area contributed by atoms with Gasteiger partial charge in [-0.3, -0.25) is 9.59 Å². The number of imidazole rings is 1. The van der Waals surface area contributed by atoms with Crippen LogP contribution in [0.1, 0.15) is 29.5 Å². The molecule has 1 heterocycles. The van der Waals surface area contributed by atoms with Gasteiger partial charge in [0.15, 0.2) is 0 Å². The molecule has 128 valence electrons. The number of aromatic nitrogens is 2. The first kappa shape index (κ1) is 16.7. The third-order valence-electron chi connectivity index (χ3n) is 3.82. The smallest absolute Gasteiger partial charge is 0.251 e. The van der Waals surface area contributed by atoms with Crippen molar-refractivity contribution >= 4 is 28.5 Å². The summed E-state index contributed by atoms with van der Waals surface area (Å²) < 4.78 is 0. The number of rotatable bonds is 6. The fourth-order valence-corrected chi connectivity index (χ4v) is 2.51. The van der Waals surface area contributed by atoms with Crippen LogP contribution in [0.3, 0.4) is 0 Å². The Morgan fingerprint density at radius 3 is 2.76 bits per heavy atom. The quantitative estimate of drug-likeness (QED) is 0.647. The number of anilines is 1. The summed E-state index contributed by atoms with van der Waals surface area (Å²) in [6.45, 7) is 2.26. The largest absolute Gasteiger partial charge is 0.352 e. The van der Waals surface area contributed by atoms with E-state index in [1.807, 2.05) is 24.3 Å². The number of para-hydroxylation sites is 2. The molecule has 6 heteroatoms. The van der Waals surface area contributed by atoms with E-state index < -0.39 is 0 Å². The van der Waals surface area contributed by atoms with Gasteiger partial charge in [-0.1, -0.05) is 25.1 Å². The van der Waals surface area contributed by atoms with Gasteiger partial charge in [0.25, 0.3) is 5.91 Å². The van der Waals surface area contributed by atoms with Crippen molar-refractivity contribution in [2.45, 2.75) is 19.8 Å². The van der Waals surface area contributed by atoms with Crippen LogP contribution in [0.2, 0.25) is 0 Å². The SMILES string of the molecule is CCC(=O)Nc1cccc(C(=O)NCCc2nc3ccccc3[nH]2)c1. The molecule has 2 aromatic carbocycles. The molecular formula is C19H20N4O2. The zero-order valence-electron chi connectivity index (χ0n) is 14.0. The highest BCUT2D eigenvalue weighted by Crippen LogP contribution is 2.12. The van der Waals surface area contributed by atoms with Crippen molar-refractivity contribution in [3.05, 3.63) is 59.9 Å². The number of aromatic amines is 1. The lowest BCUT2D eigenvalue weighted by Gasteiger charge is -2.07. The lowest BCUT2D eigenvalue weighted by molar-refractivity contribution is -0.115. The maximum atomic E-state index is 12.3. The number of hydrogen-bond acceptors (Lipinski definition) is 3. The van der Waals surface area contributed by atoms with Gasteiger partial charge in [0.05, 0.1) is 11.0 Å². The van der Waals surface area contributed by atoms with Crippen molar-refractivity contribution in [1.82, 2.24) is 15.3 Å². The molecule has 0 spiro atoms. The molecule has 3 rings (SSSR count). The second-order valence-electron chi connectivity index (χ2n) is 5.69. The molecule has 0 radical (unpaired) electrons. The second kappa shape index (κ2) is 7.61. The highest BCUT2D eigenvalue weighted by Gasteiger charge is 2.08. The van der Waals surface area contributed by atoms with E-state index in [2.05, 4.69) is 20.6 Å². The Bertz CT molecular complexity index is 868. The third-order valence-corrected chi connectivity index (χ3v) is 3.82. The van der Waals surface area contributed by atoms with Crippen molar-refractivity contribution in [3.8, 4) is 0 Å². The topological polar surface area (TPSA) is 86.9 Å². The molecule has 3 aromatic rings. The fraction of sp³-hybridized carbons (Fsp3) is 0.211. The van der Waals surface area contributed by atoms with Crippen LogP contribution in [0.25, 0.3) is 11.0 Å². The number of amides is 2. The van der Waals surface area contributed by atoms with Gasteiger partial charge in [-0.2, -0.15) is 0 Å². The number of fused-ring (bicyclic) bond motifs is 1. The number of H-pyrrole nitrogens is 1. The molecule has 25 heavy (non-hydrogen) atoms. The summed E-state index contributed by atoms with van der Waals surface area (Å²) in [5.41, 5.74) is 3.04. The standard InChI is InChI=1S/C19H20N4O2/c1-2-18(24)21-14-7-5-6-13(12-14)19(25)20-11-10-17-22-15-8-3-4-9-16(15)23-17/h3-9,12H,2,10-11H2,1H3,(H,20,25)(H,21,24)(H,22,23). The second-order valence-corrected chi connectivity index (χ2v) is 5.69. The zero-order valence-corrected chi connectivity index (χ0v) is 14.0. The number of nitrogens with one attached hydrogen (secondary N) is 3. The van der Waals surface area contributed by atoms with E-state index in [0.29, 0.717) is 30.6 Å². The molecule has 3 N–H and O–H groups in total. The minimum absolute atomic E-state index is 0.0811. The summed E-state index contributed by atoms with van der Waals surface area (Å²) in [4.78, 5) is 31.4.